The zero-order chi connectivity index (χ0) is 12.2. The summed E-state index contributed by atoms with van der Waals surface area (Å²) in [6.07, 6.45) is 4.20. The van der Waals surface area contributed by atoms with E-state index in [1.807, 2.05) is 6.20 Å². The minimum atomic E-state index is 0.165. The number of hydrogen-bond donors (Lipinski definition) is 1. The standard InChI is InChI=1S/C13H25N3/c1-6-8-16-12(7-2)11(10-15-16)9-14-13(3,4)5/h10,14H,6-9H2,1-5H3. The van der Waals surface area contributed by atoms with Crippen molar-refractivity contribution < 1.29 is 0 Å². The molecule has 0 unspecified atom stereocenters. The average Bonchev–Trinajstić information content (AvgIpc) is 2.57. The first kappa shape index (κ1) is 13.2. The highest BCUT2D eigenvalue weighted by Gasteiger charge is 2.12. The molecule has 0 bridgehead atoms. The molecule has 0 aliphatic heterocycles. The second kappa shape index (κ2) is 5.48. The monoisotopic (exact) mass is 223 g/mol. The Balaban J connectivity index is 2.72. The zero-order valence-electron chi connectivity index (χ0n) is 11.3. The smallest absolute Gasteiger partial charge is 0.0537 e. The van der Waals surface area contributed by atoms with Crippen LogP contribution in [0.15, 0.2) is 6.20 Å². The lowest BCUT2D eigenvalue weighted by Gasteiger charge is -2.20. The predicted octanol–water partition coefficient (Wildman–Crippen LogP) is 2.74. The van der Waals surface area contributed by atoms with Gasteiger partial charge in [-0.3, -0.25) is 4.68 Å². The van der Waals surface area contributed by atoms with Crippen molar-refractivity contribution in [2.24, 2.45) is 0 Å². The van der Waals surface area contributed by atoms with Gasteiger partial charge in [-0.25, -0.2) is 0 Å². The summed E-state index contributed by atoms with van der Waals surface area (Å²) >= 11 is 0. The normalized spacial score (nSPS) is 12.1. The molecule has 0 fully saturated rings. The Morgan fingerprint density at radius 2 is 2.00 bits per heavy atom. The highest BCUT2D eigenvalue weighted by atomic mass is 15.3. The fourth-order valence-electron chi connectivity index (χ4n) is 1.77. The first-order chi connectivity index (χ1) is 7.48. The summed E-state index contributed by atoms with van der Waals surface area (Å²) < 4.78 is 2.14. The minimum Gasteiger partial charge on any atom is -0.308 e. The molecule has 1 rings (SSSR count). The Labute approximate surface area is 99.2 Å². The molecule has 1 aromatic rings. The van der Waals surface area contributed by atoms with Crippen molar-refractivity contribution in [2.75, 3.05) is 0 Å². The van der Waals surface area contributed by atoms with E-state index in [9.17, 15) is 0 Å². The maximum Gasteiger partial charge on any atom is 0.0537 e. The van der Waals surface area contributed by atoms with E-state index in [0.29, 0.717) is 0 Å². The summed E-state index contributed by atoms with van der Waals surface area (Å²) in [5.74, 6) is 0. The van der Waals surface area contributed by atoms with Crippen LogP contribution in [0.5, 0.6) is 0 Å². The average molecular weight is 223 g/mol. The first-order valence-electron chi connectivity index (χ1n) is 6.26. The summed E-state index contributed by atoms with van der Waals surface area (Å²) in [7, 11) is 0. The molecule has 0 spiro atoms. The summed E-state index contributed by atoms with van der Waals surface area (Å²) in [5.41, 5.74) is 2.88. The molecular weight excluding hydrogens is 198 g/mol. The molecule has 0 aromatic carbocycles. The van der Waals surface area contributed by atoms with Crippen LogP contribution in [0.3, 0.4) is 0 Å². The van der Waals surface area contributed by atoms with Crippen molar-refractivity contribution in [3.05, 3.63) is 17.5 Å². The maximum absolute atomic E-state index is 4.45. The van der Waals surface area contributed by atoms with E-state index in [1.54, 1.807) is 0 Å². The molecule has 1 aromatic heterocycles. The molecule has 16 heavy (non-hydrogen) atoms. The summed E-state index contributed by atoms with van der Waals surface area (Å²) in [6.45, 7) is 12.9. The summed E-state index contributed by atoms with van der Waals surface area (Å²) in [5, 5.41) is 7.97. The lowest BCUT2D eigenvalue weighted by atomic mass is 10.1. The molecule has 92 valence electrons. The second-order valence-corrected chi connectivity index (χ2v) is 5.30. The van der Waals surface area contributed by atoms with Gasteiger partial charge < -0.3 is 5.32 Å². The number of nitrogens with one attached hydrogen (secondary N) is 1. The van der Waals surface area contributed by atoms with E-state index in [-0.39, 0.29) is 5.54 Å². The van der Waals surface area contributed by atoms with Crippen LogP contribution in [0.1, 0.15) is 52.3 Å². The van der Waals surface area contributed by atoms with Gasteiger partial charge in [-0.05, 0) is 33.6 Å². The minimum absolute atomic E-state index is 0.165. The molecule has 0 atom stereocenters. The summed E-state index contributed by atoms with van der Waals surface area (Å²) in [4.78, 5) is 0. The van der Waals surface area contributed by atoms with E-state index >= 15 is 0 Å². The third kappa shape index (κ3) is 3.63. The molecule has 0 saturated heterocycles. The SMILES string of the molecule is CCCn1ncc(CNC(C)(C)C)c1CC. The fourth-order valence-corrected chi connectivity index (χ4v) is 1.77. The van der Waals surface area contributed by atoms with Gasteiger partial charge in [-0.1, -0.05) is 13.8 Å². The number of aromatic nitrogens is 2. The van der Waals surface area contributed by atoms with Gasteiger partial charge in [-0.2, -0.15) is 5.10 Å². The van der Waals surface area contributed by atoms with Gasteiger partial charge in [0, 0.05) is 29.9 Å². The Bertz CT molecular complexity index is 320. The fraction of sp³-hybridized carbons (Fsp3) is 0.769. The van der Waals surface area contributed by atoms with Crippen LogP contribution in [0, 0.1) is 0 Å². The lowest BCUT2D eigenvalue weighted by Crippen LogP contribution is -2.35. The van der Waals surface area contributed by atoms with E-state index in [0.717, 1.165) is 25.9 Å². The predicted molar refractivity (Wildman–Crippen MR) is 68.5 cm³/mol. The summed E-state index contributed by atoms with van der Waals surface area (Å²) in [6, 6.07) is 0. The van der Waals surface area contributed by atoms with Gasteiger partial charge >= 0.3 is 0 Å². The molecular formula is C13H25N3. The quantitative estimate of drug-likeness (QED) is 0.832. The highest BCUT2D eigenvalue weighted by Crippen LogP contribution is 2.11. The molecule has 0 amide bonds. The molecule has 0 saturated carbocycles. The lowest BCUT2D eigenvalue weighted by molar-refractivity contribution is 0.423. The molecule has 3 heteroatoms. The largest absolute Gasteiger partial charge is 0.308 e. The van der Waals surface area contributed by atoms with E-state index in [2.05, 4.69) is 49.7 Å². The van der Waals surface area contributed by atoms with Crippen molar-refractivity contribution in [1.82, 2.24) is 15.1 Å². The van der Waals surface area contributed by atoms with E-state index < -0.39 is 0 Å². The highest BCUT2D eigenvalue weighted by molar-refractivity contribution is 5.17. The van der Waals surface area contributed by atoms with Gasteiger partial charge in [0.1, 0.15) is 0 Å². The third-order valence-electron chi connectivity index (χ3n) is 2.61. The van der Waals surface area contributed by atoms with Crippen LogP contribution in [-0.2, 0) is 19.5 Å². The zero-order valence-corrected chi connectivity index (χ0v) is 11.3. The van der Waals surface area contributed by atoms with Crippen LogP contribution in [-0.4, -0.2) is 15.3 Å². The van der Waals surface area contributed by atoms with Gasteiger partial charge in [0.05, 0.1) is 6.20 Å². The van der Waals surface area contributed by atoms with Crippen molar-refractivity contribution in [3.63, 3.8) is 0 Å². The Hall–Kier alpha value is -0.830. The number of nitrogens with zero attached hydrogens (tertiary/aromatic N) is 2. The van der Waals surface area contributed by atoms with E-state index in [4.69, 9.17) is 0 Å². The maximum atomic E-state index is 4.45. The molecule has 0 aliphatic rings. The van der Waals surface area contributed by atoms with Gasteiger partial charge in [0.15, 0.2) is 0 Å². The number of rotatable bonds is 5. The van der Waals surface area contributed by atoms with Crippen LogP contribution < -0.4 is 5.32 Å². The Morgan fingerprint density at radius 1 is 1.31 bits per heavy atom. The Kier molecular flexibility index (Phi) is 4.54. The van der Waals surface area contributed by atoms with Crippen LogP contribution >= 0.6 is 0 Å². The molecule has 0 aliphatic carbocycles. The second-order valence-electron chi connectivity index (χ2n) is 5.30. The van der Waals surface area contributed by atoms with Crippen LogP contribution in [0.25, 0.3) is 0 Å². The number of hydrogen-bond acceptors (Lipinski definition) is 2. The molecule has 0 radical (unpaired) electrons. The van der Waals surface area contributed by atoms with Crippen molar-refractivity contribution in [3.8, 4) is 0 Å². The van der Waals surface area contributed by atoms with Crippen LogP contribution in [0.2, 0.25) is 0 Å². The van der Waals surface area contributed by atoms with Gasteiger partial charge in [0.25, 0.3) is 0 Å². The first-order valence-corrected chi connectivity index (χ1v) is 6.26. The van der Waals surface area contributed by atoms with E-state index in [1.165, 1.54) is 11.3 Å². The molecule has 1 N–H and O–H groups in total. The van der Waals surface area contributed by atoms with Crippen molar-refractivity contribution >= 4 is 0 Å². The van der Waals surface area contributed by atoms with Crippen LogP contribution in [0.4, 0.5) is 0 Å². The third-order valence-corrected chi connectivity index (χ3v) is 2.61. The molecule has 3 nitrogen and oxygen atoms in total. The van der Waals surface area contributed by atoms with Crippen molar-refractivity contribution in [1.29, 1.82) is 0 Å². The van der Waals surface area contributed by atoms with Gasteiger partial charge in [0.2, 0.25) is 0 Å². The van der Waals surface area contributed by atoms with Crippen molar-refractivity contribution in [2.45, 2.75) is 66.1 Å². The number of aryl methyl sites for hydroxylation is 1. The Morgan fingerprint density at radius 3 is 2.50 bits per heavy atom. The molecule has 1 heterocycles. The topological polar surface area (TPSA) is 29.9 Å². The van der Waals surface area contributed by atoms with Gasteiger partial charge in [-0.15, -0.1) is 0 Å².